The first kappa shape index (κ1) is 19.2. The van der Waals surface area contributed by atoms with Crippen LogP contribution in [0.1, 0.15) is 32.6 Å². The molecule has 2 rings (SSSR count). The summed E-state index contributed by atoms with van der Waals surface area (Å²) in [7, 11) is 0. The molecule has 2 N–H and O–H groups in total. The highest BCUT2D eigenvalue weighted by atomic mass is 35.6. The zero-order valence-electron chi connectivity index (χ0n) is 13.5. The Morgan fingerprint density at radius 3 is 2.50 bits per heavy atom. The first-order chi connectivity index (χ1) is 11.4. The fourth-order valence-corrected chi connectivity index (χ4v) is 2.80. The molecule has 0 aromatic heterocycles. The third kappa shape index (κ3) is 5.44. The van der Waals surface area contributed by atoms with Crippen LogP contribution in [0.25, 0.3) is 10.8 Å². The molecule has 24 heavy (non-hydrogen) atoms. The predicted octanol–water partition coefficient (Wildman–Crippen LogP) is 5.64. The smallest absolute Gasteiger partial charge is 0.228 e. The molecule has 1 atom stereocenters. The number of unbranched alkanes of at least 4 members (excludes halogenated alkanes) is 2. The van der Waals surface area contributed by atoms with Crippen LogP contribution < -0.4 is 10.6 Å². The van der Waals surface area contributed by atoms with Gasteiger partial charge >= 0.3 is 0 Å². The van der Waals surface area contributed by atoms with E-state index < -0.39 is 9.96 Å². The average molecular weight is 388 g/mol. The summed E-state index contributed by atoms with van der Waals surface area (Å²) >= 11 is 18.2. The highest BCUT2D eigenvalue weighted by Crippen LogP contribution is 2.33. The van der Waals surface area contributed by atoms with Crippen LogP contribution in [0.2, 0.25) is 0 Å². The Labute approximate surface area is 157 Å². The molecule has 0 fully saturated rings. The van der Waals surface area contributed by atoms with Crippen molar-refractivity contribution in [3.05, 3.63) is 42.5 Å². The van der Waals surface area contributed by atoms with Crippen LogP contribution in [0.4, 0.5) is 5.69 Å². The van der Waals surface area contributed by atoms with Crippen LogP contribution in [-0.2, 0) is 4.79 Å². The van der Waals surface area contributed by atoms with Crippen LogP contribution in [-0.4, -0.2) is 15.9 Å². The Morgan fingerprint density at radius 1 is 1.08 bits per heavy atom. The van der Waals surface area contributed by atoms with Gasteiger partial charge in [0.25, 0.3) is 0 Å². The number of hydrogen-bond donors (Lipinski definition) is 2. The molecule has 3 nitrogen and oxygen atoms in total. The predicted molar refractivity (Wildman–Crippen MR) is 104 cm³/mol. The third-order valence-electron chi connectivity index (χ3n) is 3.73. The second kappa shape index (κ2) is 8.80. The Hall–Kier alpha value is -1.16. The second-order valence-electron chi connectivity index (χ2n) is 5.67. The molecule has 0 unspecified atom stereocenters. The zero-order chi connectivity index (χ0) is 17.6. The van der Waals surface area contributed by atoms with Crippen LogP contribution in [0, 0.1) is 0 Å². The van der Waals surface area contributed by atoms with Crippen molar-refractivity contribution in [1.29, 1.82) is 0 Å². The van der Waals surface area contributed by atoms with Crippen molar-refractivity contribution >= 4 is 57.2 Å². The maximum Gasteiger partial charge on any atom is 0.228 e. The molecule has 0 saturated carbocycles. The minimum absolute atomic E-state index is 0.132. The highest BCUT2D eigenvalue weighted by molar-refractivity contribution is 6.68. The summed E-state index contributed by atoms with van der Waals surface area (Å²) in [6.45, 7) is 2.09. The van der Waals surface area contributed by atoms with Gasteiger partial charge in [0.15, 0.2) is 0 Å². The Balaban J connectivity index is 2.15. The number of fused-ring (bicyclic) bond motifs is 1. The van der Waals surface area contributed by atoms with Gasteiger partial charge in [0.1, 0.15) is 6.17 Å². The topological polar surface area (TPSA) is 41.1 Å². The van der Waals surface area contributed by atoms with Gasteiger partial charge in [-0.1, -0.05) is 91.0 Å². The summed E-state index contributed by atoms with van der Waals surface area (Å²) in [5.74, 6) is -0.132. The minimum Gasteiger partial charge on any atom is -0.361 e. The maximum absolute atomic E-state index is 12.1. The van der Waals surface area contributed by atoms with E-state index >= 15 is 0 Å². The largest absolute Gasteiger partial charge is 0.361 e. The molecule has 6 heteroatoms. The first-order valence-corrected chi connectivity index (χ1v) is 9.15. The fourth-order valence-electron chi connectivity index (χ4n) is 2.48. The molecule has 0 aliphatic rings. The van der Waals surface area contributed by atoms with E-state index in [1.165, 1.54) is 0 Å². The van der Waals surface area contributed by atoms with Crippen LogP contribution in [0.15, 0.2) is 42.5 Å². The number of nitrogens with one attached hydrogen (secondary N) is 2. The van der Waals surface area contributed by atoms with Crippen molar-refractivity contribution in [2.24, 2.45) is 0 Å². The van der Waals surface area contributed by atoms with Gasteiger partial charge in [-0.15, -0.1) is 0 Å². The molecule has 2 aromatic rings. The summed E-state index contributed by atoms with van der Waals surface area (Å²) in [4.78, 5) is 12.1. The molecule has 0 aliphatic heterocycles. The van der Waals surface area contributed by atoms with Crippen molar-refractivity contribution in [3.63, 3.8) is 0 Å². The normalized spacial score (nSPS) is 12.8. The number of anilines is 1. The van der Waals surface area contributed by atoms with Gasteiger partial charge in [-0.2, -0.15) is 0 Å². The van der Waals surface area contributed by atoms with Crippen LogP contribution in [0.3, 0.4) is 0 Å². The average Bonchev–Trinajstić information content (AvgIpc) is 2.54. The number of amides is 1. The lowest BCUT2D eigenvalue weighted by molar-refractivity contribution is -0.121. The molecule has 0 bridgehead atoms. The lowest BCUT2D eigenvalue weighted by Gasteiger charge is -2.28. The molecular formula is C18H21Cl3N2O. The molecule has 1 amide bonds. The summed E-state index contributed by atoms with van der Waals surface area (Å²) < 4.78 is -1.67. The van der Waals surface area contributed by atoms with Gasteiger partial charge in [0.05, 0.1) is 0 Å². The summed E-state index contributed by atoms with van der Waals surface area (Å²) in [6, 6.07) is 13.7. The molecule has 130 valence electrons. The number of alkyl halides is 3. The standard InChI is InChI=1S/C18H21Cl3N2O/c1-2-3-4-12-16(24)23-17(18(19,20)21)22-15-11-7-9-13-8-5-6-10-14(13)15/h5-11,17,22H,2-4,12H2,1H3,(H,23,24)/t17-/m1/s1. The molecule has 0 heterocycles. The number of hydrogen-bond acceptors (Lipinski definition) is 2. The number of rotatable bonds is 7. The van der Waals surface area contributed by atoms with Gasteiger partial charge in [-0.3, -0.25) is 4.79 Å². The van der Waals surface area contributed by atoms with Crippen molar-refractivity contribution in [2.45, 2.75) is 42.6 Å². The van der Waals surface area contributed by atoms with E-state index in [1.54, 1.807) is 0 Å². The molecule has 2 aromatic carbocycles. The molecular weight excluding hydrogens is 367 g/mol. The van der Waals surface area contributed by atoms with Gasteiger partial charge in [0.2, 0.25) is 9.70 Å². The Morgan fingerprint density at radius 2 is 1.79 bits per heavy atom. The van der Waals surface area contributed by atoms with E-state index in [1.807, 2.05) is 42.5 Å². The van der Waals surface area contributed by atoms with Gasteiger partial charge < -0.3 is 10.6 Å². The van der Waals surface area contributed by atoms with E-state index in [0.717, 1.165) is 35.7 Å². The maximum atomic E-state index is 12.1. The van der Waals surface area contributed by atoms with Crippen molar-refractivity contribution < 1.29 is 4.79 Å². The lowest BCUT2D eigenvalue weighted by Crippen LogP contribution is -2.49. The first-order valence-electron chi connectivity index (χ1n) is 8.02. The van der Waals surface area contributed by atoms with Gasteiger partial charge in [0, 0.05) is 17.5 Å². The lowest BCUT2D eigenvalue weighted by atomic mass is 10.1. The SMILES string of the molecule is CCCCCC(=O)N[C@@H](Nc1cccc2ccccc12)C(Cl)(Cl)Cl. The van der Waals surface area contributed by atoms with Crippen LogP contribution in [0.5, 0.6) is 0 Å². The van der Waals surface area contributed by atoms with E-state index in [-0.39, 0.29) is 5.91 Å². The third-order valence-corrected chi connectivity index (χ3v) is 4.38. The summed E-state index contributed by atoms with van der Waals surface area (Å²) in [5.41, 5.74) is 0.804. The van der Waals surface area contributed by atoms with E-state index in [9.17, 15) is 4.79 Å². The van der Waals surface area contributed by atoms with Crippen molar-refractivity contribution in [3.8, 4) is 0 Å². The highest BCUT2D eigenvalue weighted by Gasteiger charge is 2.34. The Kier molecular flexibility index (Phi) is 7.02. The second-order valence-corrected chi connectivity index (χ2v) is 8.04. The molecule has 0 radical (unpaired) electrons. The van der Waals surface area contributed by atoms with Crippen molar-refractivity contribution in [1.82, 2.24) is 5.32 Å². The van der Waals surface area contributed by atoms with Gasteiger partial charge in [-0.25, -0.2) is 0 Å². The zero-order valence-corrected chi connectivity index (χ0v) is 15.8. The van der Waals surface area contributed by atoms with Gasteiger partial charge in [-0.05, 0) is 17.9 Å². The Bertz CT molecular complexity index is 680. The van der Waals surface area contributed by atoms with E-state index in [4.69, 9.17) is 34.8 Å². The quantitative estimate of drug-likeness (QED) is 0.366. The molecule has 0 aliphatic carbocycles. The van der Waals surface area contributed by atoms with E-state index in [0.29, 0.717) is 6.42 Å². The molecule has 0 spiro atoms. The number of carbonyl (C=O) groups is 1. The number of halogens is 3. The minimum atomic E-state index is -1.67. The van der Waals surface area contributed by atoms with Crippen LogP contribution >= 0.6 is 34.8 Å². The fraction of sp³-hybridized carbons (Fsp3) is 0.389. The van der Waals surface area contributed by atoms with Crippen molar-refractivity contribution in [2.75, 3.05) is 5.32 Å². The number of benzene rings is 2. The molecule has 0 saturated heterocycles. The summed E-state index contributed by atoms with van der Waals surface area (Å²) in [5, 5.41) is 8.01. The van der Waals surface area contributed by atoms with E-state index in [2.05, 4.69) is 17.6 Å². The number of carbonyl (C=O) groups excluding carboxylic acids is 1. The monoisotopic (exact) mass is 386 g/mol. The summed E-state index contributed by atoms with van der Waals surface area (Å²) in [6.07, 6.45) is 2.48.